The Kier molecular flexibility index (Phi) is 4.66. The molecular formula is C19H20N6O3. The van der Waals surface area contributed by atoms with Crippen LogP contribution >= 0.6 is 0 Å². The largest absolute Gasteiger partial charge is 0.389 e. The lowest BCUT2D eigenvalue weighted by atomic mass is 10.2. The number of hydrogen-bond acceptors (Lipinski definition) is 5. The number of aryl methyl sites for hydroxylation is 1. The summed E-state index contributed by atoms with van der Waals surface area (Å²) in [4.78, 5) is 24.4. The number of carbonyl (C=O) groups is 2. The average molecular weight is 380 g/mol. The Balaban J connectivity index is 1.43. The summed E-state index contributed by atoms with van der Waals surface area (Å²) in [6, 6.07) is 9.38. The molecule has 0 bridgehead atoms. The van der Waals surface area contributed by atoms with E-state index in [1.54, 1.807) is 10.9 Å². The maximum Gasteiger partial charge on any atom is 0.272 e. The van der Waals surface area contributed by atoms with Crippen molar-refractivity contribution < 1.29 is 14.7 Å². The van der Waals surface area contributed by atoms with E-state index in [0.717, 1.165) is 16.8 Å². The summed E-state index contributed by atoms with van der Waals surface area (Å²) in [7, 11) is 0. The third kappa shape index (κ3) is 3.65. The van der Waals surface area contributed by atoms with Crippen molar-refractivity contribution in [2.24, 2.45) is 0 Å². The normalized spacial score (nSPS) is 16.2. The quantitative estimate of drug-likeness (QED) is 0.607. The molecule has 0 saturated carbocycles. The fraction of sp³-hybridized carbons (Fsp3) is 0.263. The van der Waals surface area contributed by atoms with E-state index in [-0.39, 0.29) is 36.9 Å². The second kappa shape index (κ2) is 7.28. The van der Waals surface area contributed by atoms with Crippen LogP contribution in [-0.2, 0) is 13.1 Å². The highest BCUT2D eigenvalue weighted by Gasteiger charge is 2.24. The summed E-state index contributed by atoms with van der Waals surface area (Å²) >= 11 is 0. The van der Waals surface area contributed by atoms with E-state index >= 15 is 0 Å². The van der Waals surface area contributed by atoms with Crippen LogP contribution in [0.25, 0.3) is 5.69 Å². The molecule has 2 aromatic heterocycles. The van der Waals surface area contributed by atoms with Crippen LogP contribution < -0.4 is 10.6 Å². The van der Waals surface area contributed by atoms with E-state index in [9.17, 15) is 14.7 Å². The number of rotatable bonds is 4. The average Bonchev–Trinajstić information content (AvgIpc) is 3.29. The smallest absolute Gasteiger partial charge is 0.272 e. The molecule has 0 saturated heterocycles. The molecule has 3 N–H and O–H groups in total. The van der Waals surface area contributed by atoms with Crippen LogP contribution in [0.3, 0.4) is 0 Å². The lowest BCUT2D eigenvalue weighted by Gasteiger charge is -2.06. The Morgan fingerprint density at radius 3 is 3.07 bits per heavy atom. The molecule has 3 aromatic rings. The molecule has 3 heterocycles. The number of nitrogens with one attached hydrogen (secondary N) is 2. The van der Waals surface area contributed by atoms with Gasteiger partial charge in [-0.15, -0.1) is 0 Å². The van der Waals surface area contributed by atoms with Gasteiger partial charge in [0.05, 0.1) is 24.5 Å². The highest BCUT2D eigenvalue weighted by atomic mass is 16.3. The molecule has 0 spiro atoms. The predicted octanol–water partition coefficient (Wildman–Crippen LogP) is 0.412. The first-order valence-electron chi connectivity index (χ1n) is 8.92. The van der Waals surface area contributed by atoms with Gasteiger partial charge in [-0.25, -0.2) is 4.68 Å². The lowest BCUT2D eigenvalue weighted by Crippen LogP contribution is -2.30. The summed E-state index contributed by atoms with van der Waals surface area (Å²) in [5.41, 5.74) is 3.31. The molecule has 0 fully saturated rings. The van der Waals surface area contributed by atoms with Crippen molar-refractivity contribution in [3.8, 4) is 5.69 Å². The van der Waals surface area contributed by atoms with Crippen LogP contribution in [0.4, 0.5) is 0 Å². The van der Waals surface area contributed by atoms with Crippen molar-refractivity contribution in [3.63, 3.8) is 0 Å². The van der Waals surface area contributed by atoms with Crippen molar-refractivity contribution >= 4 is 11.8 Å². The molecule has 0 aliphatic carbocycles. The minimum atomic E-state index is -0.742. The van der Waals surface area contributed by atoms with Gasteiger partial charge in [-0.1, -0.05) is 12.1 Å². The molecule has 9 heteroatoms. The fourth-order valence-corrected chi connectivity index (χ4v) is 3.05. The Bertz CT molecular complexity index is 1040. The van der Waals surface area contributed by atoms with E-state index < -0.39 is 12.0 Å². The van der Waals surface area contributed by atoms with E-state index in [1.807, 2.05) is 37.4 Å². The van der Waals surface area contributed by atoms with Gasteiger partial charge in [0.25, 0.3) is 11.8 Å². The molecule has 2 amide bonds. The van der Waals surface area contributed by atoms with Crippen molar-refractivity contribution in [3.05, 3.63) is 65.2 Å². The molecule has 4 rings (SSSR count). The maximum atomic E-state index is 12.4. The van der Waals surface area contributed by atoms with Gasteiger partial charge in [0.15, 0.2) is 5.69 Å². The number of carbonyl (C=O) groups excluding carboxylic acids is 2. The van der Waals surface area contributed by atoms with Gasteiger partial charge in [0.1, 0.15) is 5.69 Å². The van der Waals surface area contributed by atoms with Crippen molar-refractivity contribution in [2.45, 2.75) is 26.1 Å². The van der Waals surface area contributed by atoms with Crippen LogP contribution in [0.2, 0.25) is 0 Å². The molecule has 9 nitrogen and oxygen atoms in total. The third-order valence-corrected chi connectivity index (χ3v) is 4.48. The van der Waals surface area contributed by atoms with Crippen molar-refractivity contribution in [1.29, 1.82) is 0 Å². The molecule has 1 atom stereocenters. The summed E-state index contributed by atoms with van der Waals surface area (Å²) in [5, 5.41) is 23.6. The Morgan fingerprint density at radius 2 is 2.25 bits per heavy atom. The zero-order valence-electron chi connectivity index (χ0n) is 15.3. The van der Waals surface area contributed by atoms with E-state index in [2.05, 4.69) is 20.8 Å². The third-order valence-electron chi connectivity index (χ3n) is 4.48. The van der Waals surface area contributed by atoms with E-state index in [1.165, 1.54) is 10.7 Å². The lowest BCUT2D eigenvalue weighted by molar-refractivity contribution is 0.0931. The number of aromatic nitrogens is 4. The zero-order valence-corrected chi connectivity index (χ0v) is 15.3. The summed E-state index contributed by atoms with van der Waals surface area (Å²) < 4.78 is 3.11. The SMILES string of the molecule is Cc1cccc(-n2cc(CNC(=O)c3cc4n(n3)C[C@@H](O)CNC4=O)cn2)c1. The first-order valence-corrected chi connectivity index (χ1v) is 8.92. The standard InChI is InChI=1S/C19H20N6O3/c1-12-3-2-4-14(5-12)24-10-13(8-22-24)7-20-18(27)16-6-17-19(28)21-9-15(26)11-25(17)23-16/h2-6,8,10,15,26H,7,9,11H2,1H3,(H,20,27)(H,21,28)/t15-/m0/s1. The van der Waals surface area contributed by atoms with Crippen LogP contribution in [0.5, 0.6) is 0 Å². The summed E-state index contributed by atoms with van der Waals surface area (Å²) in [6.45, 7) is 2.61. The number of hydrogen-bond donors (Lipinski definition) is 3. The van der Waals surface area contributed by atoms with Crippen LogP contribution in [0, 0.1) is 6.92 Å². The maximum absolute atomic E-state index is 12.4. The first-order chi connectivity index (χ1) is 13.5. The Morgan fingerprint density at radius 1 is 1.39 bits per heavy atom. The summed E-state index contributed by atoms with van der Waals surface area (Å²) in [6.07, 6.45) is 2.80. The second-order valence-corrected chi connectivity index (χ2v) is 6.78. The Labute approximate surface area is 161 Å². The minimum Gasteiger partial charge on any atom is -0.389 e. The molecule has 0 radical (unpaired) electrons. The zero-order chi connectivity index (χ0) is 19.7. The van der Waals surface area contributed by atoms with Gasteiger partial charge in [0, 0.05) is 30.9 Å². The highest BCUT2D eigenvalue weighted by molar-refractivity contribution is 5.98. The van der Waals surface area contributed by atoms with E-state index in [0.29, 0.717) is 0 Å². The van der Waals surface area contributed by atoms with Gasteiger partial charge in [0.2, 0.25) is 0 Å². The predicted molar refractivity (Wildman–Crippen MR) is 100 cm³/mol. The van der Waals surface area contributed by atoms with Crippen LogP contribution in [0.1, 0.15) is 32.1 Å². The molecular weight excluding hydrogens is 360 g/mol. The van der Waals surface area contributed by atoms with Gasteiger partial charge in [-0.2, -0.15) is 10.2 Å². The number of aliphatic hydroxyl groups excluding tert-OH is 1. The highest BCUT2D eigenvalue weighted by Crippen LogP contribution is 2.12. The molecule has 1 aliphatic rings. The van der Waals surface area contributed by atoms with Gasteiger partial charge in [-0.05, 0) is 24.6 Å². The Hall–Kier alpha value is -3.46. The van der Waals surface area contributed by atoms with Gasteiger partial charge in [-0.3, -0.25) is 14.3 Å². The topological polar surface area (TPSA) is 114 Å². The van der Waals surface area contributed by atoms with Crippen LogP contribution in [-0.4, -0.2) is 49.1 Å². The number of benzene rings is 1. The van der Waals surface area contributed by atoms with Gasteiger partial charge < -0.3 is 15.7 Å². The monoisotopic (exact) mass is 380 g/mol. The summed E-state index contributed by atoms with van der Waals surface area (Å²) in [5.74, 6) is -0.756. The molecule has 28 heavy (non-hydrogen) atoms. The minimum absolute atomic E-state index is 0.130. The van der Waals surface area contributed by atoms with Crippen molar-refractivity contribution in [2.75, 3.05) is 6.54 Å². The van der Waals surface area contributed by atoms with Crippen LogP contribution in [0.15, 0.2) is 42.7 Å². The number of β-amino-alcohol motifs (C(OH)–C–C–N with tert-alkyl or cyclic N) is 1. The molecule has 1 aliphatic heterocycles. The van der Waals surface area contributed by atoms with Crippen molar-refractivity contribution in [1.82, 2.24) is 30.2 Å². The fourth-order valence-electron chi connectivity index (χ4n) is 3.05. The van der Waals surface area contributed by atoms with Gasteiger partial charge >= 0.3 is 0 Å². The second-order valence-electron chi connectivity index (χ2n) is 6.78. The number of nitrogens with zero attached hydrogens (tertiary/aromatic N) is 4. The number of fused-ring (bicyclic) bond motifs is 1. The molecule has 1 aromatic carbocycles. The number of aliphatic hydroxyl groups is 1. The number of amides is 2. The van der Waals surface area contributed by atoms with E-state index in [4.69, 9.17) is 0 Å². The molecule has 0 unspecified atom stereocenters. The first kappa shape index (κ1) is 17.9. The molecule has 144 valence electrons.